The van der Waals surface area contributed by atoms with Gasteiger partial charge >= 0.3 is 0 Å². The topological polar surface area (TPSA) is 61.2 Å². The van der Waals surface area contributed by atoms with Crippen LogP contribution in [0.4, 0.5) is 0 Å². The molecular weight excluding hydrogens is 360 g/mol. The summed E-state index contributed by atoms with van der Waals surface area (Å²) in [5, 5.41) is 11.5. The number of hydrogen-bond donors (Lipinski definition) is 1. The summed E-state index contributed by atoms with van der Waals surface area (Å²) in [6.45, 7) is 5.00. The highest BCUT2D eigenvalue weighted by Gasteiger charge is 2.15. The van der Waals surface area contributed by atoms with E-state index in [1.807, 2.05) is 29.9 Å². The van der Waals surface area contributed by atoms with Gasteiger partial charge in [0, 0.05) is 49.3 Å². The first-order chi connectivity index (χ1) is 13.2. The Hall–Kier alpha value is -2.38. The first kappa shape index (κ1) is 18.0. The minimum absolute atomic E-state index is 0.681. The first-order valence-electron chi connectivity index (χ1n) is 9.29. The van der Waals surface area contributed by atoms with Crippen molar-refractivity contribution in [3.8, 4) is 22.8 Å². The normalized spacial score (nSPS) is 13.6. The van der Waals surface area contributed by atoms with Crippen LogP contribution in [-0.2, 0) is 26.6 Å². The van der Waals surface area contributed by atoms with E-state index in [9.17, 15) is 0 Å². The highest BCUT2D eigenvalue weighted by Crippen LogP contribution is 2.34. The van der Waals surface area contributed by atoms with Crippen molar-refractivity contribution in [2.45, 2.75) is 32.9 Å². The van der Waals surface area contributed by atoms with Gasteiger partial charge in [-0.05, 0) is 24.6 Å². The van der Waals surface area contributed by atoms with Gasteiger partial charge in [0.05, 0.1) is 29.6 Å². The Morgan fingerprint density at radius 1 is 1.19 bits per heavy atom. The largest absolute Gasteiger partial charge is 0.490 e. The smallest absolute Gasteiger partial charge is 0.161 e. The Kier molecular flexibility index (Phi) is 5.40. The Bertz CT molecular complexity index is 919. The number of rotatable bonds is 6. The third-order valence-corrected chi connectivity index (χ3v) is 5.49. The lowest BCUT2D eigenvalue weighted by atomic mass is 10.1. The average Bonchev–Trinajstić information content (AvgIpc) is 3.21. The van der Waals surface area contributed by atoms with E-state index in [4.69, 9.17) is 9.47 Å². The summed E-state index contributed by atoms with van der Waals surface area (Å²) in [7, 11) is 1.95. The number of aromatic nitrogens is 3. The fraction of sp³-hybridized carbons (Fsp3) is 0.400. The van der Waals surface area contributed by atoms with E-state index < -0.39 is 0 Å². The molecule has 0 radical (unpaired) electrons. The van der Waals surface area contributed by atoms with Crippen LogP contribution in [0, 0.1) is 0 Å². The molecule has 27 heavy (non-hydrogen) atoms. The summed E-state index contributed by atoms with van der Waals surface area (Å²) in [5.41, 5.74) is 4.25. The van der Waals surface area contributed by atoms with Crippen LogP contribution in [0.25, 0.3) is 11.3 Å². The number of aryl methyl sites for hydroxylation is 2. The predicted octanol–water partition coefficient (Wildman–Crippen LogP) is 3.56. The molecule has 2 aromatic heterocycles. The van der Waals surface area contributed by atoms with E-state index in [-0.39, 0.29) is 0 Å². The van der Waals surface area contributed by atoms with Gasteiger partial charge in [-0.25, -0.2) is 4.98 Å². The molecule has 1 aromatic carbocycles. The van der Waals surface area contributed by atoms with Gasteiger partial charge in [0.25, 0.3) is 0 Å². The molecule has 4 rings (SSSR count). The van der Waals surface area contributed by atoms with Gasteiger partial charge in [-0.3, -0.25) is 4.68 Å². The Morgan fingerprint density at radius 2 is 2.04 bits per heavy atom. The molecule has 0 atom stereocenters. The van der Waals surface area contributed by atoms with Crippen molar-refractivity contribution in [3.05, 3.63) is 46.0 Å². The molecule has 0 bridgehead atoms. The molecule has 0 saturated carbocycles. The zero-order valence-electron chi connectivity index (χ0n) is 15.7. The molecule has 0 aliphatic carbocycles. The minimum atomic E-state index is 0.681. The number of nitrogens with one attached hydrogen (secondary N) is 1. The van der Waals surface area contributed by atoms with Crippen LogP contribution in [0.15, 0.2) is 29.8 Å². The first-order valence-corrected chi connectivity index (χ1v) is 10.2. The van der Waals surface area contributed by atoms with Crippen LogP contribution in [-0.4, -0.2) is 28.0 Å². The van der Waals surface area contributed by atoms with Gasteiger partial charge in [0.1, 0.15) is 0 Å². The Balaban J connectivity index is 1.50. The van der Waals surface area contributed by atoms with E-state index in [1.54, 1.807) is 11.3 Å². The second-order valence-corrected chi connectivity index (χ2v) is 7.52. The third-order valence-electron chi connectivity index (χ3n) is 4.45. The van der Waals surface area contributed by atoms with Crippen molar-refractivity contribution in [1.29, 1.82) is 0 Å². The number of fused-ring (bicyclic) bond motifs is 1. The molecule has 142 valence electrons. The Morgan fingerprint density at radius 3 is 2.85 bits per heavy atom. The van der Waals surface area contributed by atoms with E-state index in [0.717, 1.165) is 59.9 Å². The molecule has 3 heterocycles. The number of nitrogens with zero attached hydrogens (tertiary/aromatic N) is 3. The van der Waals surface area contributed by atoms with Crippen LogP contribution in [0.1, 0.15) is 29.6 Å². The lowest BCUT2D eigenvalue weighted by Gasteiger charge is -2.09. The number of benzene rings is 1. The molecule has 1 N–H and O–H groups in total. The van der Waals surface area contributed by atoms with Crippen molar-refractivity contribution in [1.82, 2.24) is 20.1 Å². The van der Waals surface area contributed by atoms with Crippen molar-refractivity contribution < 1.29 is 9.47 Å². The summed E-state index contributed by atoms with van der Waals surface area (Å²) >= 11 is 1.72. The molecule has 0 amide bonds. The highest BCUT2D eigenvalue weighted by atomic mass is 32.1. The number of ether oxygens (including phenoxy) is 2. The lowest BCUT2D eigenvalue weighted by Crippen LogP contribution is -2.13. The van der Waals surface area contributed by atoms with Crippen LogP contribution in [0.3, 0.4) is 0 Å². The number of hydrogen-bond acceptors (Lipinski definition) is 6. The Labute approximate surface area is 163 Å². The molecular formula is C20H24N4O2S. The maximum atomic E-state index is 5.83. The SMILES string of the molecule is CCc1nc(CNCc2cn(C)nc2-c2ccc3c(c2)OCCCO3)cs1. The molecule has 0 unspecified atom stereocenters. The molecule has 6 nitrogen and oxygen atoms in total. The van der Waals surface area contributed by atoms with E-state index in [1.165, 1.54) is 5.01 Å². The summed E-state index contributed by atoms with van der Waals surface area (Å²) in [6, 6.07) is 6.05. The standard InChI is InChI=1S/C20H24N4O2S/c1-3-19-22-16(13-27-19)11-21-10-15-12-24(2)23-20(15)14-5-6-17-18(9-14)26-8-4-7-25-17/h5-6,9,12-13,21H,3-4,7-8,10-11H2,1-2H3. The van der Waals surface area contributed by atoms with Crippen LogP contribution < -0.4 is 14.8 Å². The fourth-order valence-electron chi connectivity index (χ4n) is 3.14. The second kappa shape index (κ2) is 8.10. The van der Waals surface area contributed by atoms with Gasteiger partial charge in [-0.15, -0.1) is 11.3 Å². The molecule has 1 aliphatic heterocycles. The molecule has 0 saturated heterocycles. The van der Waals surface area contributed by atoms with Gasteiger partial charge in [-0.1, -0.05) is 6.92 Å². The summed E-state index contributed by atoms with van der Waals surface area (Å²) in [6.07, 6.45) is 3.95. The molecule has 3 aromatic rings. The molecule has 0 fully saturated rings. The molecule has 0 spiro atoms. The van der Waals surface area contributed by atoms with E-state index in [2.05, 4.69) is 33.9 Å². The van der Waals surface area contributed by atoms with Crippen molar-refractivity contribution in [2.24, 2.45) is 7.05 Å². The lowest BCUT2D eigenvalue weighted by molar-refractivity contribution is 0.297. The average molecular weight is 385 g/mol. The van der Waals surface area contributed by atoms with Crippen LogP contribution >= 0.6 is 11.3 Å². The summed E-state index contributed by atoms with van der Waals surface area (Å²) in [5.74, 6) is 1.60. The second-order valence-electron chi connectivity index (χ2n) is 6.58. The van der Waals surface area contributed by atoms with Crippen molar-refractivity contribution in [2.75, 3.05) is 13.2 Å². The zero-order chi connectivity index (χ0) is 18.6. The van der Waals surface area contributed by atoms with Crippen molar-refractivity contribution in [3.63, 3.8) is 0 Å². The maximum Gasteiger partial charge on any atom is 0.161 e. The summed E-state index contributed by atoms with van der Waals surface area (Å²) < 4.78 is 13.4. The monoisotopic (exact) mass is 384 g/mol. The van der Waals surface area contributed by atoms with Gasteiger partial charge < -0.3 is 14.8 Å². The van der Waals surface area contributed by atoms with E-state index >= 15 is 0 Å². The van der Waals surface area contributed by atoms with Crippen LogP contribution in [0.5, 0.6) is 11.5 Å². The fourth-order valence-corrected chi connectivity index (χ4v) is 3.88. The van der Waals surface area contributed by atoms with Gasteiger partial charge in [0.15, 0.2) is 11.5 Å². The predicted molar refractivity (Wildman–Crippen MR) is 106 cm³/mol. The quantitative estimate of drug-likeness (QED) is 0.704. The van der Waals surface area contributed by atoms with Crippen LogP contribution in [0.2, 0.25) is 0 Å². The highest BCUT2D eigenvalue weighted by molar-refractivity contribution is 7.09. The van der Waals surface area contributed by atoms with E-state index in [0.29, 0.717) is 13.2 Å². The van der Waals surface area contributed by atoms with Gasteiger partial charge in [0.2, 0.25) is 0 Å². The number of thiazole rings is 1. The van der Waals surface area contributed by atoms with Gasteiger partial charge in [-0.2, -0.15) is 5.10 Å². The molecule has 7 heteroatoms. The molecule has 1 aliphatic rings. The summed E-state index contributed by atoms with van der Waals surface area (Å²) in [4.78, 5) is 4.61. The maximum absolute atomic E-state index is 5.83. The third kappa shape index (κ3) is 4.14. The minimum Gasteiger partial charge on any atom is -0.490 e. The van der Waals surface area contributed by atoms with Crippen molar-refractivity contribution >= 4 is 11.3 Å². The zero-order valence-corrected chi connectivity index (χ0v) is 16.5.